The number of nitrogens with zero attached hydrogens (tertiary/aromatic N) is 3. The molecule has 0 spiro atoms. The lowest BCUT2D eigenvalue weighted by Crippen LogP contribution is -2.32. The van der Waals surface area contributed by atoms with E-state index < -0.39 is 5.25 Å². The van der Waals surface area contributed by atoms with E-state index >= 15 is 0 Å². The zero-order chi connectivity index (χ0) is 20.8. The number of nitrogens with one attached hydrogen (secondary N) is 1. The summed E-state index contributed by atoms with van der Waals surface area (Å²) < 4.78 is 19.5. The topological polar surface area (TPSA) is 95.1 Å². The van der Waals surface area contributed by atoms with Crippen molar-refractivity contribution in [3.8, 4) is 17.1 Å². The van der Waals surface area contributed by atoms with Gasteiger partial charge in [-0.3, -0.25) is 4.79 Å². The van der Waals surface area contributed by atoms with E-state index in [0.717, 1.165) is 17.7 Å². The quantitative estimate of drug-likeness (QED) is 0.434. The number of rotatable bonds is 8. The largest absolute Gasteiger partial charge is 0.497 e. The Bertz CT molecular complexity index is 960. The molecule has 0 aliphatic heterocycles. The molecule has 0 bridgehead atoms. The van der Waals surface area contributed by atoms with Crippen LogP contribution in [-0.2, 0) is 11.2 Å². The van der Waals surface area contributed by atoms with E-state index in [9.17, 15) is 9.18 Å². The summed E-state index contributed by atoms with van der Waals surface area (Å²) in [4.78, 5) is 12.4. The second kappa shape index (κ2) is 9.42. The molecule has 0 aliphatic rings. The van der Waals surface area contributed by atoms with E-state index in [0.29, 0.717) is 23.1 Å². The van der Waals surface area contributed by atoms with Gasteiger partial charge in [0.25, 0.3) is 0 Å². The van der Waals surface area contributed by atoms with E-state index in [1.807, 2.05) is 24.3 Å². The Labute approximate surface area is 172 Å². The summed E-state index contributed by atoms with van der Waals surface area (Å²) >= 11 is 1.21. The number of amides is 1. The molecule has 3 N–H and O–H groups in total. The summed E-state index contributed by atoms with van der Waals surface area (Å²) in [6.07, 6.45) is 0.717. The molecule has 152 valence electrons. The monoisotopic (exact) mass is 415 g/mol. The molecule has 0 saturated carbocycles. The number of carbonyl (C=O) groups is 1. The lowest BCUT2D eigenvalue weighted by molar-refractivity contribution is -0.120. The van der Waals surface area contributed by atoms with Gasteiger partial charge in [-0.05, 0) is 55.3 Å². The Morgan fingerprint density at radius 2 is 1.90 bits per heavy atom. The minimum atomic E-state index is -0.404. The molecule has 1 unspecified atom stereocenters. The Hall–Kier alpha value is -3.07. The lowest BCUT2D eigenvalue weighted by atomic mass is 10.1. The molecule has 1 aromatic heterocycles. The summed E-state index contributed by atoms with van der Waals surface area (Å²) in [5.74, 6) is 6.80. The first-order valence-corrected chi connectivity index (χ1v) is 9.89. The van der Waals surface area contributed by atoms with E-state index in [4.69, 9.17) is 10.6 Å². The van der Waals surface area contributed by atoms with Crippen molar-refractivity contribution in [1.29, 1.82) is 0 Å². The number of methoxy groups -OCH3 is 1. The minimum absolute atomic E-state index is 0.116. The molecule has 0 saturated heterocycles. The van der Waals surface area contributed by atoms with Crippen molar-refractivity contribution in [3.63, 3.8) is 0 Å². The fourth-order valence-electron chi connectivity index (χ4n) is 2.63. The van der Waals surface area contributed by atoms with Gasteiger partial charge in [-0.25, -0.2) is 9.07 Å². The van der Waals surface area contributed by atoms with Crippen molar-refractivity contribution < 1.29 is 13.9 Å². The number of nitrogens with two attached hydrogens (primary N) is 1. The van der Waals surface area contributed by atoms with Crippen LogP contribution in [0.5, 0.6) is 5.75 Å². The Morgan fingerprint density at radius 1 is 1.21 bits per heavy atom. The molecular weight excluding hydrogens is 393 g/mol. The normalized spacial score (nSPS) is 11.8. The lowest BCUT2D eigenvalue weighted by Gasteiger charge is -2.12. The van der Waals surface area contributed by atoms with Crippen LogP contribution in [0.1, 0.15) is 12.5 Å². The van der Waals surface area contributed by atoms with Gasteiger partial charge >= 0.3 is 0 Å². The second-order valence-electron chi connectivity index (χ2n) is 6.33. The number of aromatic nitrogens is 3. The van der Waals surface area contributed by atoms with Crippen LogP contribution >= 0.6 is 11.8 Å². The zero-order valence-electron chi connectivity index (χ0n) is 16.1. The van der Waals surface area contributed by atoms with Gasteiger partial charge in [0.1, 0.15) is 11.6 Å². The van der Waals surface area contributed by atoms with Gasteiger partial charge in [0.2, 0.25) is 11.1 Å². The van der Waals surface area contributed by atoms with Gasteiger partial charge in [-0.15, -0.1) is 10.2 Å². The van der Waals surface area contributed by atoms with Crippen molar-refractivity contribution in [3.05, 3.63) is 59.9 Å². The number of ether oxygens (including phenoxy) is 1. The number of thioether (sulfide) groups is 1. The summed E-state index contributed by atoms with van der Waals surface area (Å²) in [6.45, 7) is 2.30. The predicted octanol–water partition coefficient (Wildman–Crippen LogP) is 2.65. The molecule has 29 heavy (non-hydrogen) atoms. The van der Waals surface area contributed by atoms with Gasteiger partial charge in [0.15, 0.2) is 5.82 Å². The molecule has 0 radical (unpaired) electrons. The molecule has 1 heterocycles. The van der Waals surface area contributed by atoms with Gasteiger partial charge < -0.3 is 15.9 Å². The molecule has 9 heteroatoms. The molecule has 3 aromatic rings. The highest BCUT2D eigenvalue weighted by Crippen LogP contribution is 2.25. The third-order valence-electron chi connectivity index (χ3n) is 4.29. The molecular formula is C20H22FN5O2S. The fraction of sp³-hybridized carbons (Fsp3) is 0.250. The molecule has 0 aliphatic carbocycles. The van der Waals surface area contributed by atoms with E-state index in [1.54, 1.807) is 26.2 Å². The summed E-state index contributed by atoms with van der Waals surface area (Å²) in [5, 5.41) is 11.0. The predicted molar refractivity (Wildman–Crippen MR) is 111 cm³/mol. The van der Waals surface area contributed by atoms with Gasteiger partial charge in [-0.2, -0.15) is 0 Å². The minimum Gasteiger partial charge on any atom is -0.497 e. The number of carbonyl (C=O) groups excluding carboxylic acids is 1. The average Bonchev–Trinajstić information content (AvgIpc) is 3.09. The van der Waals surface area contributed by atoms with Crippen molar-refractivity contribution in [1.82, 2.24) is 20.2 Å². The third kappa shape index (κ3) is 5.26. The van der Waals surface area contributed by atoms with Crippen molar-refractivity contribution in [2.75, 3.05) is 19.5 Å². The van der Waals surface area contributed by atoms with Crippen LogP contribution < -0.4 is 15.9 Å². The molecule has 7 nitrogen and oxygen atoms in total. The summed E-state index contributed by atoms with van der Waals surface area (Å²) in [7, 11) is 1.62. The van der Waals surface area contributed by atoms with E-state index in [-0.39, 0.29) is 11.7 Å². The highest BCUT2D eigenvalue weighted by atomic mass is 32.2. The Balaban J connectivity index is 1.53. The van der Waals surface area contributed by atoms with Crippen molar-refractivity contribution in [2.24, 2.45) is 0 Å². The molecule has 1 atom stereocenters. The van der Waals surface area contributed by atoms with Gasteiger partial charge in [0, 0.05) is 12.1 Å². The summed E-state index contributed by atoms with van der Waals surface area (Å²) in [6, 6.07) is 13.5. The van der Waals surface area contributed by atoms with Gasteiger partial charge in [-0.1, -0.05) is 23.9 Å². The fourth-order valence-corrected chi connectivity index (χ4v) is 3.43. The van der Waals surface area contributed by atoms with Gasteiger partial charge in [0.05, 0.1) is 12.4 Å². The molecule has 2 aromatic carbocycles. The first-order chi connectivity index (χ1) is 14.0. The van der Waals surface area contributed by atoms with Crippen LogP contribution in [0.3, 0.4) is 0 Å². The second-order valence-corrected chi connectivity index (χ2v) is 7.64. The van der Waals surface area contributed by atoms with Crippen LogP contribution in [0.4, 0.5) is 4.39 Å². The molecule has 3 rings (SSSR count). The number of benzene rings is 2. The van der Waals surface area contributed by atoms with Crippen LogP contribution in [-0.4, -0.2) is 39.7 Å². The maximum atomic E-state index is 13.1. The number of hydrogen-bond acceptors (Lipinski definition) is 6. The van der Waals surface area contributed by atoms with E-state index in [2.05, 4.69) is 15.5 Å². The van der Waals surface area contributed by atoms with Crippen LogP contribution in [0.25, 0.3) is 11.4 Å². The van der Waals surface area contributed by atoms with Crippen LogP contribution in [0.2, 0.25) is 0 Å². The first-order valence-electron chi connectivity index (χ1n) is 9.01. The zero-order valence-corrected chi connectivity index (χ0v) is 16.9. The number of halogens is 1. The smallest absolute Gasteiger partial charge is 0.233 e. The highest BCUT2D eigenvalue weighted by Gasteiger charge is 2.19. The van der Waals surface area contributed by atoms with E-state index in [1.165, 1.54) is 28.6 Å². The molecule has 1 amide bonds. The first kappa shape index (κ1) is 20.7. The van der Waals surface area contributed by atoms with Crippen molar-refractivity contribution in [2.45, 2.75) is 23.8 Å². The standard InChI is InChI=1S/C20H22FN5O2S/c1-13(19(27)23-12-11-14-3-9-17(28-2)10-4-14)29-20-25-24-18(26(20)22)15-5-7-16(21)8-6-15/h3-10,13H,11-12,22H2,1-2H3,(H,23,27). The average molecular weight is 415 g/mol. The number of hydrogen-bond donors (Lipinski definition) is 2. The third-order valence-corrected chi connectivity index (χ3v) is 5.35. The van der Waals surface area contributed by atoms with Crippen molar-refractivity contribution >= 4 is 17.7 Å². The van der Waals surface area contributed by atoms with Crippen LogP contribution in [0.15, 0.2) is 53.7 Å². The Kier molecular flexibility index (Phi) is 6.71. The Morgan fingerprint density at radius 3 is 2.55 bits per heavy atom. The van der Waals surface area contributed by atoms with Crippen LogP contribution in [0, 0.1) is 5.82 Å². The maximum absolute atomic E-state index is 13.1. The highest BCUT2D eigenvalue weighted by molar-refractivity contribution is 8.00. The number of nitrogen functional groups attached to an aromatic ring is 1. The maximum Gasteiger partial charge on any atom is 0.233 e. The summed E-state index contributed by atoms with van der Waals surface area (Å²) in [5.41, 5.74) is 1.75. The SMILES string of the molecule is COc1ccc(CCNC(=O)C(C)Sc2nnc(-c3ccc(F)cc3)n2N)cc1. The molecule has 0 fully saturated rings.